The highest BCUT2D eigenvalue weighted by atomic mass is 16.2. The van der Waals surface area contributed by atoms with Gasteiger partial charge in [0.25, 0.3) is 5.91 Å². The zero-order valence-electron chi connectivity index (χ0n) is 13.7. The van der Waals surface area contributed by atoms with Gasteiger partial charge in [0.15, 0.2) is 0 Å². The fourth-order valence-electron chi connectivity index (χ4n) is 3.03. The second-order valence-electron chi connectivity index (χ2n) is 7.25. The third-order valence-electron chi connectivity index (χ3n) is 4.41. The number of likely N-dealkylation sites (tertiary alicyclic amines) is 1. The summed E-state index contributed by atoms with van der Waals surface area (Å²) >= 11 is 0. The molecule has 1 aliphatic heterocycles. The number of carbonyl (C=O) groups excluding carboxylic acids is 1. The van der Waals surface area contributed by atoms with E-state index in [4.69, 9.17) is 5.73 Å². The maximum atomic E-state index is 12.7. The molecular weight excluding hydrogens is 260 g/mol. The monoisotopic (exact) mass is 288 g/mol. The minimum Gasteiger partial charge on any atom is -0.334 e. The second-order valence-corrected chi connectivity index (χ2v) is 7.25. The standard InChI is InChI=1S/C18H28N2O/c1-13(19)16-7-5-6-12-20(16)17(21)14-8-10-15(11-9-14)18(2,3)4/h8-11,13,16H,5-7,12,19H2,1-4H3. The van der Waals surface area contributed by atoms with Crippen LogP contribution in [0, 0.1) is 0 Å². The van der Waals surface area contributed by atoms with Crippen LogP contribution in [0.1, 0.15) is 62.9 Å². The minimum atomic E-state index is 0.0306. The second kappa shape index (κ2) is 6.18. The van der Waals surface area contributed by atoms with Gasteiger partial charge in [-0.05, 0) is 49.3 Å². The van der Waals surface area contributed by atoms with E-state index in [2.05, 4.69) is 32.9 Å². The molecule has 1 heterocycles. The van der Waals surface area contributed by atoms with Crippen molar-refractivity contribution in [2.75, 3.05) is 6.54 Å². The van der Waals surface area contributed by atoms with E-state index < -0.39 is 0 Å². The Morgan fingerprint density at radius 1 is 1.24 bits per heavy atom. The van der Waals surface area contributed by atoms with Crippen LogP contribution in [0.4, 0.5) is 0 Å². The van der Waals surface area contributed by atoms with Gasteiger partial charge in [0, 0.05) is 24.2 Å². The molecule has 1 aliphatic rings. The number of nitrogens with zero attached hydrogens (tertiary/aromatic N) is 1. The summed E-state index contributed by atoms with van der Waals surface area (Å²) in [6, 6.07) is 8.25. The number of carbonyl (C=O) groups is 1. The van der Waals surface area contributed by atoms with Gasteiger partial charge in [-0.1, -0.05) is 32.9 Å². The lowest BCUT2D eigenvalue weighted by Gasteiger charge is -2.38. The minimum absolute atomic E-state index is 0.0306. The molecular formula is C18H28N2O. The van der Waals surface area contributed by atoms with Crippen LogP contribution in [0.3, 0.4) is 0 Å². The number of hydrogen-bond acceptors (Lipinski definition) is 2. The number of nitrogens with two attached hydrogens (primary N) is 1. The zero-order valence-corrected chi connectivity index (χ0v) is 13.7. The van der Waals surface area contributed by atoms with Crippen LogP contribution in [0.5, 0.6) is 0 Å². The third kappa shape index (κ3) is 3.65. The normalized spacial score (nSPS) is 21.2. The summed E-state index contributed by atoms with van der Waals surface area (Å²) in [5.74, 6) is 0.123. The van der Waals surface area contributed by atoms with E-state index in [0.29, 0.717) is 0 Å². The number of rotatable bonds is 2. The van der Waals surface area contributed by atoms with Gasteiger partial charge in [0.2, 0.25) is 0 Å². The van der Waals surface area contributed by atoms with Gasteiger partial charge in [0.05, 0.1) is 0 Å². The molecule has 0 radical (unpaired) electrons. The largest absolute Gasteiger partial charge is 0.334 e. The van der Waals surface area contributed by atoms with E-state index in [1.54, 1.807) is 0 Å². The van der Waals surface area contributed by atoms with Crippen LogP contribution < -0.4 is 5.73 Å². The van der Waals surface area contributed by atoms with Crippen molar-refractivity contribution in [1.29, 1.82) is 0 Å². The topological polar surface area (TPSA) is 46.3 Å². The Hall–Kier alpha value is -1.35. The smallest absolute Gasteiger partial charge is 0.254 e. The Labute approximate surface area is 128 Å². The summed E-state index contributed by atoms with van der Waals surface area (Å²) < 4.78 is 0. The van der Waals surface area contributed by atoms with E-state index in [1.807, 2.05) is 24.0 Å². The van der Waals surface area contributed by atoms with E-state index >= 15 is 0 Å². The highest BCUT2D eigenvalue weighted by Crippen LogP contribution is 2.24. The van der Waals surface area contributed by atoms with Crippen LogP contribution in [0.2, 0.25) is 0 Å². The third-order valence-corrected chi connectivity index (χ3v) is 4.41. The van der Waals surface area contributed by atoms with Gasteiger partial charge in [0.1, 0.15) is 0 Å². The Kier molecular flexibility index (Phi) is 4.72. The van der Waals surface area contributed by atoms with Crippen LogP contribution >= 0.6 is 0 Å². The van der Waals surface area contributed by atoms with Crippen molar-refractivity contribution >= 4 is 5.91 Å². The fourth-order valence-corrected chi connectivity index (χ4v) is 3.03. The molecule has 21 heavy (non-hydrogen) atoms. The van der Waals surface area contributed by atoms with Gasteiger partial charge in [-0.15, -0.1) is 0 Å². The lowest BCUT2D eigenvalue weighted by atomic mass is 9.86. The SMILES string of the molecule is CC(N)C1CCCCN1C(=O)c1ccc(C(C)(C)C)cc1. The van der Waals surface area contributed by atoms with Crippen molar-refractivity contribution in [1.82, 2.24) is 4.90 Å². The van der Waals surface area contributed by atoms with E-state index in [9.17, 15) is 4.79 Å². The molecule has 2 unspecified atom stereocenters. The first-order valence-corrected chi connectivity index (χ1v) is 7.98. The summed E-state index contributed by atoms with van der Waals surface area (Å²) in [6.07, 6.45) is 3.26. The van der Waals surface area contributed by atoms with Gasteiger partial charge in [-0.2, -0.15) is 0 Å². The predicted molar refractivity (Wildman–Crippen MR) is 87.5 cm³/mol. The van der Waals surface area contributed by atoms with Crippen LogP contribution in [0.25, 0.3) is 0 Å². The van der Waals surface area contributed by atoms with Crippen LogP contribution in [-0.4, -0.2) is 29.4 Å². The molecule has 2 rings (SSSR count). The lowest BCUT2D eigenvalue weighted by molar-refractivity contribution is 0.0584. The zero-order chi connectivity index (χ0) is 15.6. The summed E-state index contributed by atoms with van der Waals surface area (Å²) in [6.45, 7) is 9.37. The first-order valence-electron chi connectivity index (χ1n) is 7.98. The Bertz CT molecular complexity index is 485. The summed E-state index contributed by atoms with van der Waals surface area (Å²) in [4.78, 5) is 14.7. The fraction of sp³-hybridized carbons (Fsp3) is 0.611. The van der Waals surface area contributed by atoms with Crippen molar-refractivity contribution in [3.8, 4) is 0 Å². The molecule has 1 aromatic rings. The molecule has 0 spiro atoms. The van der Waals surface area contributed by atoms with Gasteiger partial charge in [-0.3, -0.25) is 4.79 Å². The van der Waals surface area contributed by atoms with Crippen molar-refractivity contribution in [3.63, 3.8) is 0 Å². The molecule has 116 valence electrons. The average molecular weight is 288 g/mol. The van der Waals surface area contributed by atoms with Gasteiger partial charge in [-0.25, -0.2) is 0 Å². The molecule has 0 saturated carbocycles. The molecule has 0 aromatic heterocycles. The van der Waals surface area contributed by atoms with E-state index in [1.165, 1.54) is 12.0 Å². The van der Waals surface area contributed by atoms with Gasteiger partial charge < -0.3 is 10.6 Å². The lowest BCUT2D eigenvalue weighted by Crippen LogP contribution is -2.51. The van der Waals surface area contributed by atoms with Crippen LogP contribution in [0.15, 0.2) is 24.3 Å². The molecule has 1 amide bonds. The first kappa shape index (κ1) is 16.0. The highest BCUT2D eigenvalue weighted by Gasteiger charge is 2.29. The molecule has 2 atom stereocenters. The number of benzene rings is 1. The molecule has 1 aromatic carbocycles. The van der Waals surface area contributed by atoms with Gasteiger partial charge >= 0.3 is 0 Å². The number of amides is 1. The predicted octanol–water partition coefficient (Wildman–Crippen LogP) is 3.33. The molecule has 1 saturated heterocycles. The Morgan fingerprint density at radius 2 is 1.86 bits per heavy atom. The maximum Gasteiger partial charge on any atom is 0.254 e. The van der Waals surface area contributed by atoms with Crippen molar-refractivity contribution in [2.45, 2.75) is 64.5 Å². The summed E-state index contributed by atoms with van der Waals surface area (Å²) in [5, 5.41) is 0. The van der Waals surface area contributed by atoms with Crippen molar-refractivity contribution < 1.29 is 4.79 Å². The first-order chi connectivity index (χ1) is 9.80. The summed E-state index contributed by atoms with van der Waals surface area (Å²) in [5.41, 5.74) is 8.20. The highest BCUT2D eigenvalue weighted by molar-refractivity contribution is 5.94. The number of piperidine rings is 1. The van der Waals surface area contributed by atoms with Crippen molar-refractivity contribution in [2.24, 2.45) is 5.73 Å². The molecule has 1 fully saturated rings. The molecule has 2 N–H and O–H groups in total. The molecule has 3 nitrogen and oxygen atoms in total. The summed E-state index contributed by atoms with van der Waals surface area (Å²) in [7, 11) is 0. The Balaban J connectivity index is 2.19. The molecule has 3 heteroatoms. The average Bonchev–Trinajstić information content (AvgIpc) is 2.45. The number of hydrogen-bond donors (Lipinski definition) is 1. The van der Waals surface area contributed by atoms with E-state index in [-0.39, 0.29) is 23.4 Å². The Morgan fingerprint density at radius 3 is 2.38 bits per heavy atom. The van der Waals surface area contributed by atoms with Crippen LogP contribution in [-0.2, 0) is 5.41 Å². The molecule has 0 bridgehead atoms. The quantitative estimate of drug-likeness (QED) is 0.907. The van der Waals surface area contributed by atoms with E-state index in [0.717, 1.165) is 24.9 Å². The van der Waals surface area contributed by atoms with Crippen molar-refractivity contribution in [3.05, 3.63) is 35.4 Å². The molecule has 0 aliphatic carbocycles. The maximum absolute atomic E-state index is 12.7.